The van der Waals surface area contributed by atoms with Crippen LogP contribution in [0.3, 0.4) is 0 Å². The fraction of sp³-hybridized carbons (Fsp3) is 0.700. The van der Waals surface area contributed by atoms with Crippen molar-refractivity contribution in [1.29, 1.82) is 0 Å². The highest BCUT2D eigenvalue weighted by atomic mass is 32.2. The molecule has 0 saturated carbocycles. The van der Waals surface area contributed by atoms with E-state index in [1.807, 2.05) is 0 Å². The zero-order valence-electron chi connectivity index (χ0n) is 17.5. The molecule has 0 bridgehead atoms. The minimum atomic E-state index is -3.78. The second kappa shape index (κ2) is 13.1. The first kappa shape index (κ1) is 24.8. The molecule has 0 N–H and O–H groups in total. The Kier molecular flexibility index (Phi) is 11.2. The number of rotatable bonds is 14. The standard InChI is InChI=1S/C20H33N4O4S/c1-4-7-8-9-10-11-12-13-14-15-16-22-17-19(24(25)26)18-23(20(22)21-5-2)29(27,28)6-3/h2,17-18H,4,6-16H2,1,3H3/q+1. The van der Waals surface area contributed by atoms with Crippen molar-refractivity contribution in [3.05, 3.63) is 28.1 Å². The topological polar surface area (TPSA) is 98.4 Å². The number of aromatic nitrogens is 2. The van der Waals surface area contributed by atoms with Gasteiger partial charge in [-0.1, -0.05) is 71.1 Å². The predicted molar refractivity (Wildman–Crippen MR) is 112 cm³/mol. The van der Waals surface area contributed by atoms with Gasteiger partial charge in [0.15, 0.2) is 6.20 Å². The SMILES string of the molecule is C#CN=c1n(S(=O)(=O)CC)cc([N+](=O)[O-])c[n+]1CCCCCCCCCCCC. The van der Waals surface area contributed by atoms with E-state index in [2.05, 4.69) is 18.0 Å². The molecule has 0 radical (unpaired) electrons. The summed E-state index contributed by atoms with van der Waals surface area (Å²) >= 11 is 0. The minimum Gasteiger partial charge on any atom is -0.258 e. The summed E-state index contributed by atoms with van der Waals surface area (Å²) in [6.45, 7) is 4.09. The van der Waals surface area contributed by atoms with Gasteiger partial charge < -0.3 is 0 Å². The summed E-state index contributed by atoms with van der Waals surface area (Å²) in [6, 6.07) is 2.10. The summed E-state index contributed by atoms with van der Waals surface area (Å²) in [7, 11) is -3.78. The molecule has 0 atom stereocenters. The molecule has 0 aliphatic carbocycles. The van der Waals surface area contributed by atoms with E-state index in [0.29, 0.717) is 6.54 Å². The average Bonchev–Trinajstić information content (AvgIpc) is 2.70. The van der Waals surface area contributed by atoms with Crippen molar-refractivity contribution in [2.75, 3.05) is 5.75 Å². The molecule has 162 valence electrons. The van der Waals surface area contributed by atoms with Crippen LogP contribution in [0.2, 0.25) is 0 Å². The molecular formula is C20H33N4O4S+. The zero-order chi connectivity index (χ0) is 21.7. The van der Waals surface area contributed by atoms with Crippen LogP contribution in [0.4, 0.5) is 5.69 Å². The number of terminal acetylenes is 1. The van der Waals surface area contributed by atoms with Gasteiger partial charge in [0.05, 0.1) is 17.2 Å². The van der Waals surface area contributed by atoms with Crippen LogP contribution >= 0.6 is 0 Å². The molecule has 8 nitrogen and oxygen atoms in total. The quantitative estimate of drug-likeness (QED) is 0.150. The lowest BCUT2D eigenvalue weighted by molar-refractivity contribution is -0.718. The Balaban J connectivity index is 2.79. The second-order valence-electron chi connectivity index (χ2n) is 7.05. The van der Waals surface area contributed by atoms with E-state index in [-0.39, 0.29) is 17.1 Å². The summed E-state index contributed by atoms with van der Waals surface area (Å²) < 4.78 is 27.0. The molecule has 1 heterocycles. The Bertz CT molecular complexity index is 869. The van der Waals surface area contributed by atoms with Gasteiger partial charge in [-0.3, -0.25) is 10.1 Å². The van der Waals surface area contributed by atoms with Gasteiger partial charge in [0, 0.05) is 0 Å². The highest BCUT2D eigenvalue weighted by Crippen LogP contribution is 2.11. The number of nitro groups is 1. The van der Waals surface area contributed by atoms with Crippen LogP contribution in [0.5, 0.6) is 0 Å². The molecule has 1 aromatic heterocycles. The maximum absolute atomic E-state index is 12.4. The minimum absolute atomic E-state index is 0.0101. The van der Waals surface area contributed by atoms with Gasteiger partial charge in [-0.25, -0.2) is 4.57 Å². The molecule has 29 heavy (non-hydrogen) atoms. The van der Waals surface area contributed by atoms with Crippen molar-refractivity contribution in [2.45, 2.75) is 84.6 Å². The van der Waals surface area contributed by atoms with E-state index in [1.165, 1.54) is 56.2 Å². The van der Waals surface area contributed by atoms with Gasteiger partial charge in [0.1, 0.15) is 12.2 Å². The second-order valence-corrected chi connectivity index (χ2v) is 9.19. The molecule has 1 aromatic rings. The van der Waals surface area contributed by atoms with Crippen LogP contribution < -0.4 is 10.2 Å². The molecule has 0 amide bonds. The van der Waals surface area contributed by atoms with Crippen molar-refractivity contribution < 1.29 is 17.9 Å². The van der Waals surface area contributed by atoms with Gasteiger partial charge in [-0.05, 0) is 18.3 Å². The van der Waals surface area contributed by atoms with Crippen molar-refractivity contribution in [3.8, 4) is 12.5 Å². The molecular weight excluding hydrogens is 392 g/mol. The van der Waals surface area contributed by atoms with Crippen LogP contribution in [-0.2, 0) is 16.6 Å². The fourth-order valence-corrected chi connectivity index (χ4v) is 4.04. The van der Waals surface area contributed by atoms with Crippen molar-refractivity contribution in [2.24, 2.45) is 4.99 Å². The van der Waals surface area contributed by atoms with E-state index < -0.39 is 14.9 Å². The maximum atomic E-state index is 12.4. The van der Waals surface area contributed by atoms with Crippen LogP contribution in [-0.4, -0.2) is 23.1 Å². The molecule has 0 unspecified atom stereocenters. The summed E-state index contributed by atoms with van der Waals surface area (Å²) in [5.41, 5.74) is -0.305. The lowest BCUT2D eigenvalue weighted by Gasteiger charge is -2.06. The van der Waals surface area contributed by atoms with E-state index in [0.717, 1.165) is 35.9 Å². The van der Waals surface area contributed by atoms with Crippen molar-refractivity contribution in [3.63, 3.8) is 0 Å². The largest absolute Gasteiger partial charge is 0.423 e. The summed E-state index contributed by atoms with van der Waals surface area (Å²) in [5, 5.41) is 11.2. The van der Waals surface area contributed by atoms with Gasteiger partial charge in [-0.2, -0.15) is 8.42 Å². The summed E-state index contributed by atoms with van der Waals surface area (Å²) in [5.74, 6) is -0.218. The third-order valence-corrected chi connectivity index (χ3v) is 6.38. The third-order valence-electron chi connectivity index (χ3n) is 4.78. The Hall–Kier alpha value is -2.21. The van der Waals surface area contributed by atoms with Crippen LogP contribution in [0, 0.1) is 22.6 Å². The van der Waals surface area contributed by atoms with Crippen LogP contribution in [0.1, 0.15) is 78.1 Å². The Morgan fingerprint density at radius 3 is 2.14 bits per heavy atom. The predicted octanol–water partition coefficient (Wildman–Crippen LogP) is 3.29. The third kappa shape index (κ3) is 8.36. The number of hydrogen-bond donors (Lipinski definition) is 0. The number of aryl methyl sites for hydroxylation is 1. The van der Waals surface area contributed by atoms with Crippen LogP contribution in [0.25, 0.3) is 0 Å². The zero-order valence-corrected chi connectivity index (χ0v) is 18.4. The van der Waals surface area contributed by atoms with Crippen molar-refractivity contribution in [1.82, 2.24) is 3.97 Å². The number of unbranched alkanes of at least 4 members (excludes halogenated alkanes) is 9. The highest BCUT2D eigenvalue weighted by Gasteiger charge is 2.25. The van der Waals surface area contributed by atoms with E-state index in [1.54, 1.807) is 0 Å². The van der Waals surface area contributed by atoms with Gasteiger partial charge in [0.2, 0.25) is 0 Å². The lowest BCUT2D eigenvalue weighted by Crippen LogP contribution is -2.56. The highest BCUT2D eigenvalue weighted by molar-refractivity contribution is 7.89. The molecule has 0 aliphatic rings. The maximum Gasteiger partial charge on any atom is 0.423 e. The van der Waals surface area contributed by atoms with Gasteiger partial charge in [0.25, 0.3) is 10.0 Å². The van der Waals surface area contributed by atoms with Crippen LogP contribution in [0.15, 0.2) is 17.4 Å². The smallest absolute Gasteiger partial charge is 0.258 e. The number of hydrogen-bond acceptors (Lipinski definition) is 5. The Labute approximate surface area is 173 Å². The molecule has 0 aliphatic heterocycles. The first-order valence-corrected chi connectivity index (χ1v) is 12.0. The van der Waals surface area contributed by atoms with E-state index in [4.69, 9.17) is 6.42 Å². The normalized spacial score (nSPS) is 12.1. The molecule has 9 heteroatoms. The lowest BCUT2D eigenvalue weighted by atomic mass is 10.1. The molecule has 0 saturated heterocycles. The Morgan fingerprint density at radius 1 is 1.10 bits per heavy atom. The summed E-state index contributed by atoms with van der Waals surface area (Å²) in [6.07, 6.45) is 19.1. The molecule has 0 aromatic carbocycles. The molecule has 0 fully saturated rings. The average molecular weight is 426 g/mol. The van der Waals surface area contributed by atoms with E-state index in [9.17, 15) is 18.5 Å². The Morgan fingerprint density at radius 2 is 1.66 bits per heavy atom. The fourth-order valence-electron chi connectivity index (χ4n) is 3.10. The molecule has 1 rings (SSSR count). The first-order valence-electron chi connectivity index (χ1n) is 10.4. The van der Waals surface area contributed by atoms with Crippen molar-refractivity contribution >= 4 is 15.7 Å². The van der Waals surface area contributed by atoms with Gasteiger partial charge >= 0.3 is 11.3 Å². The first-order chi connectivity index (χ1) is 13.9. The monoisotopic (exact) mass is 425 g/mol. The summed E-state index contributed by atoms with van der Waals surface area (Å²) in [4.78, 5) is 14.5. The van der Waals surface area contributed by atoms with E-state index >= 15 is 0 Å². The van der Waals surface area contributed by atoms with Gasteiger partial charge in [-0.15, -0.1) is 3.97 Å². The molecule has 0 spiro atoms. The number of nitrogens with zero attached hydrogens (tertiary/aromatic N) is 4.